The number of carbonyl (C=O) groups excluding carboxylic acids is 3. The maximum Gasteiger partial charge on any atom is 0.306 e. The quantitative estimate of drug-likeness (QED) is 0.0262. The fourth-order valence-electron chi connectivity index (χ4n) is 6.69. The fraction of sp³-hybridized carbons (Fsp3) is 0.610. The van der Waals surface area contributed by atoms with E-state index in [0.29, 0.717) is 19.3 Å². The summed E-state index contributed by atoms with van der Waals surface area (Å²) in [6.45, 7) is 6.36. The summed E-state index contributed by atoms with van der Waals surface area (Å²) in [7, 11) is 0. The standard InChI is InChI=1S/C59H94O6/c1-4-7-10-13-16-19-22-25-27-29-30-32-34-37-40-43-46-49-52-58(61)64-55-56(54-63-57(60)51-48-45-42-39-36-33-24-21-18-15-12-9-6-3)65-59(62)53-50-47-44-41-38-35-31-28-26-23-20-17-14-11-8-5-2/h9,12,15-16,18-19,21-22,24-25,27-33,35-36,38,56H,4-8,10-11,13-14,17,20,23,26,34,37,39-55H2,1-3H3/b12-9+,18-15+,19-16+,24-21+,25-22+,29-27+,31-28+,32-30+,36-33+,38-35+. The summed E-state index contributed by atoms with van der Waals surface area (Å²) >= 11 is 0. The predicted molar refractivity (Wildman–Crippen MR) is 279 cm³/mol. The summed E-state index contributed by atoms with van der Waals surface area (Å²) in [5, 5.41) is 0. The van der Waals surface area contributed by atoms with E-state index in [0.717, 1.165) is 103 Å². The van der Waals surface area contributed by atoms with Crippen molar-refractivity contribution in [3.05, 3.63) is 122 Å². The van der Waals surface area contributed by atoms with E-state index in [1.165, 1.54) is 64.2 Å². The smallest absolute Gasteiger partial charge is 0.306 e. The Morgan fingerprint density at radius 2 is 0.600 bits per heavy atom. The van der Waals surface area contributed by atoms with Crippen LogP contribution in [0.3, 0.4) is 0 Å². The van der Waals surface area contributed by atoms with E-state index in [-0.39, 0.29) is 37.5 Å². The van der Waals surface area contributed by atoms with E-state index in [1.807, 2.05) is 36.5 Å². The Kier molecular flexibility index (Phi) is 49.1. The number of hydrogen-bond donors (Lipinski definition) is 0. The zero-order valence-corrected chi connectivity index (χ0v) is 41.7. The van der Waals surface area contributed by atoms with Crippen molar-refractivity contribution in [3.8, 4) is 0 Å². The first-order valence-corrected chi connectivity index (χ1v) is 26.2. The van der Waals surface area contributed by atoms with E-state index in [4.69, 9.17) is 14.2 Å². The average Bonchev–Trinajstić information content (AvgIpc) is 3.30. The number of allylic oxidation sites excluding steroid dienone is 20. The number of rotatable bonds is 45. The molecule has 0 saturated carbocycles. The molecule has 0 aromatic rings. The molecule has 0 radical (unpaired) electrons. The normalized spacial score (nSPS) is 13.1. The van der Waals surface area contributed by atoms with Gasteiger partial charge in [0.25, 0.3) is 0 Å². The van der Waals surface area contributed by atoms with Gasteiger partial charge in [0.2, 0.25) is 0 Å². The highest BCUT2D eigenvalue weighted by molar-refractivity contribution is 5.71. The third-order valence-corrected chi connectivity index (χ3v) is 10.6. The first kappa shape index (κ1) is 60.8. The van der Waals surface area contributed by atoms with E-state index in [9.17, 15) is 14.4 Å². The van der Waals surface area contributed by atoms with Crippen LogP contribution in [0.4, 0.5) is 0 Å². The van der Waals surface area contributed by atoms with E-state index in [1.54, 1.807) is 0 Å². The molecule has 0 spiro atoms. The number of esters is 3. The molecule has 0 aliphatic carbocycles. The Bertz CT molecular complexity index is 1400. The van der Waals surface area contributed by atoms with Gasteiger partial charge < -0.3 is 14.2 Å². The number of ether oxygens (including phenoxy) is 3. The van der Waals surface area contributed by atoms with Crippen LogP contribution < -0.4 is 0 Å². The van der Waals surface area contributed by atoms with Crippen molar-refractivity contribution in [2.75, 3.05) is 13.2 Å². The average molecular weight is 899 g/mol. The minimum atomic E-state index is -0.821. The lowest BCUT2D eigenvalue weighted by Gasteiger charge is -2.18. The van der Waals surface area contributed by atoms with Gasteiger partial charge in [-0.3, -0.25) is 14.4 Å². The number of unbranched alkanes of at least 4 members (excludes halogenated alkanes) is 21. The van der Waals surface area contributed by atoms with Gasteiger partial charge in [-0.25, -0.2) is 0 Å². The molecular formula is C59H94O6. The third kappa shape index (κ3) is 50.7. The summed E-state index contributed by atoms with van der Waals surface area (Å²) in [5.74, 6) is -1.01. The molecule has 1 atom stereocenters. The first-order valence-electron chi connectivity index (χ1n) is 26.2. The lowest BCUT2D eigenvalue weighted by atomic mass is 10.1. The Morgan fingerprint density at radius 3 is 1.00 bits per heavy atom. The molecule has 1 unspecified atom stereocenters. The topological polar surface area (TPSA) is 78.9 Å². The molecule has 0 bridgehead atoms. The highest BCUT2D eigenvalue weighted by Gasteiger charge is 2.19. The first-order chi connectivity index (χ1) is 32.0. The highest BCUT2D eigenvalue weighted by atomic mass is 16.6. The Labute approximate surface area is 399 Å². The molecule has 0 saturated heterocycles. The molecule has 6 nitrogen and oxygen atoms in total. The second-order valence-corrected chi connectivity index (χ2v) is 16.9. The van der Waals surface area contributed by atoms with Crippen LogP contribution in [0, 0.1) is 0 Å². The lowest BCUT2D eigenvalue weighted by Crippen LogP contribution is -2.30. The van der Waals surface area contributed by atoms with E-state index >= 15 is 0 Å². The Morgan fingerprint density at radius 1 is 0.323 bits per heavy atom. The number of carbonyl (C=O) groups is 3. The van der Waals surface area contributed by atoms with Crippen LogP contribution in [0.25, 0.3) is 0 Å². The largest absolute Gasteiger partial charge is 0.462 e. The van der Waals surface area contributed by atoms with Crippen molar-refractivity contribution in [3.63, 3.8) is 0 Å². The van der Waals surface area contributed by atoms with Gasteiger partial charge in [-0.2, -0.15) is 0 Å². The fourth-order valence-corrected chi connectivity index (χ4v) is 6.69. The van der Waals surface area contributed by atoms with Crippen LogP contribution in [-0.2, 0) is 28.6 Å². The molecule has 0 N–H and O–H groups in total. The molecular weight excluding hydrogens is 805 g/mol. The molecule has 0 fully saturated rings. The lowest BCUT2D eigenvalue weighted by molar-refractivity contribution is -0.167. The van der Waals surface area contributed by atoms with Gasteiger partial charge in [-0.1, -0.05) is 226 Å². The third-order valence-electron chi connectivity index (χ3n) is 10.6. The Balaban J connectivity index is 4.55. The monoisotopic (exact) mass is 899 g/mol. The molecule has 0 aromatic heterocycles. The maximum absolute atomic E-state index is 12.8. The van der Waals surface area contributed by atoms with Crippen molar-refractivity contribution >= 4 is 17.9 Å². The molecule has 0 amide bonds. The van der Waals surface area contributed by atoms with Gasteiger partial charge in [0.15, 0.2) is 6.10 Å². The van der Waals surface area contributed by atoms with Crippen molar-refractivity contribution in [2.24, 2.45) is 0 Å². The van der Waals surface area contributed by atoms with Crippen LogP contribution in [0.5, 0.6) is 0 Å². The molecule has 0 aromatic carbocycles. The van der Waals surface area contributed by atoms with Gasteiger partial charge in [-0.15, -0.1) is 0 Å². The maximum atomic E-state index is 12.8. The SMILES string of the molecule is CC/C=C/C=C/C=C/C=C/CCCCCC(=O)OCC(COC(=O)CCCCCCC/C=C/C=C/C=C/C=C/CCCCC)OC(=O)CCCCC/C=C/C=C/CCCCCCCCC. The summed E-state index contributed by atoms with van der Waals surface area (Å²) in [6.07, 6.45) is 71.8. The van der Waals surface area contributed by atoms with E-state index < -0.39 is 6.10 Å². The van der Waals surface area contributed by atoms with Crippen molar-refractivity contribution < 1.29 is 28.6 Å². The van der Waals surface area contributed by atoms with Crippen molar-refractivity contribution in [1.29, 1.82) is 0 Å². The summed E-state index contributed by atoms with van der Waals surface area (Å²) < 4.78 is 16.7. The molecule has 0 heterocycles. The second kappa shape index (κ2) is 52.4. The predicted octanol–water partition coefficient (Wildman–Crippen LogP) is 17.3. The zero-order chi connectivity index (χ0) is 47.2. The summed E-state index contributed by atoms with van der Waals surface area (Å²) in [5.41, 5.74) is 0. The molecule has 65 heavy (non-hydrogen) atoms. The second-order valence-electron chi connectivity index (χ2n) is 16.9. The minimum absolute atomic E-state index is 0.118. The van der Waals surface area contributed by atoms with Crippen LogP contribution in [-0.4, -0.2) is 37.2 Å². The molecule has 0 aliphatic heterocycles. The highest BCUT2D eigenvalue weighted by Crippen LogP contribution is 2.12. The van der Waals surface area contributed by atoms with Gasteiger partial charge in [0.05, 0.1) is 0 Å². The minimum Gasteiger partial charge on any atom is -0.462 e. The van der Waals surface area contributed by atoms with Crippen LogP contribution in [0.1, 0.15) is 213 Å². The molecule has 0 rings (SSSR count). The van der Waals surface area contributed by atoms with Gasteiger partial charge in [-0.05, 0) is 89.9 Å². The number of hydrogen-bond acceptors (Lipinski definition) is 6. The van der Waals surface area contributed by atoms with Crippen LogP contribution in [0.2, 0.25) is 0 Å². The molecule has 0 aliphatic rings. The van der Waals surface area contributed by atoms with Crippen LogP contribution >= 0.6 is 0 Å². The zero-order valence-electron chi connectivity index (χ0n) is 41.7. The van der Waals surface area contributed by atoms with Crippen molar-refractivity contribution in [2.45, 2.75) is 219 Å². The van der Waals surface area contributed by atoms with Gasteiger partial charge in [0, 0.05) is 19.3 Å². The van der Waals surface area contributed by atoms with Gasteiger partial charge in [0.1, 0.15) is 13.2 Å². The summed E-state index contributed by atoms with van der Waals surface area (Å²) in [4.78, 5) is 38.0. The summed E-state index contributed by atoms with van der Waals surface area (Å²) in [6, 6.07) is 0. The molecule has 366 valence electrons. The molecule has 6 heteroatoms. The van der Waals surface area contributed by atoms with Crippen LogP contribution in [0.15, 0.2) is 122 Å². The van der Waals surface area contributed by atoms with Gasteiger partial charge >= 0.3 is 17.9 Å². The van der Waals surface area contributed by atoms with Crippen molar-refractivity contribution in [1.82, 2.24) is 0 Å². The Hall–Kier alpha value is -4.19. The van der Waals surface area contributed by atoms with E-state index in [2.05, 4.69) is 106 Å².